The van der Waals surface area contributed by atoms with E-state index in [0.29, 0.717) is 6.04 Å². The Labute approximate surface area is 106 Å². The minimum atomic E-state index is -0.177. The lowest BCUT2D eigenvalue weighted by atomic mass is 10.1. The molecule has 1 rings (SSSR count). The summed E-state index contributed by atoms with van der Waals surface area (Å²) >= 11 is 3.43. The summed E-state index contributed by atoms with van der Waals surface area (Å²) in [5.41, 5.74) is 0.981. The molecule has 0 saturated heterocycles. The average Bonchev–Trinajstić information content (AvgIpc) is 2.28. The molecule has 0 aliphatic heterocycles. The van der Waals surface area contributed by atoms with Crippen LogP contribution in [0.25, 0.3) is 0 Å². The predicted octanol–water partition coefficient (Wildman–Crippen LogP) is 4.26. The second-order valence-corrected chi connectivity index (χ2v) is 4.86. The Kier molecular flexibility index (Phi) is 5.99. The van der Waals surface area contributed by atoms with Crippen LogP contribution in [0.4, 0.5) is 4.39 Å². The first-order valence-electron chi connectivity index (χ1n) is 5.84. The minimum Gasteiger partial charge on any atom is -0.310 e. The molecule has 0 aliphatic carbocycles. The molecular weight excluding hydrogens is 269 g/mol. The van der Waals surface area contributed by atoms with Gasteiger partial charge >= 0.3 is 0 Å². The standard InChI is InChI=1S/C13H19BrFN/c1-3-5-12(4-2)16-9-10-8-11(15)6-7-13(10)14/h6-8,12,16H,3-5,9H2,1-2H3. The molecule has 0 fully saturated rings. The quantitative estimate of drug-likeness (QED) is 0.825. The molecule has 90 valence electrons. The summed E-state index contributed by atoms with van der Waals surface area (Å²) in [6.45, 7) is 5.08. The molecule has 1 nitrogen and oxygen atoms in total. The van der Waals surface area contributed by atoms with Crippen molar-refractivity contribution in [1.82, 2.24) is 5.32 Å². The highest BCUT2D eigenvalue weighted by Gasteiger charge is 2.06. The summed E-state index contributed by atoms with van der Waals surface area (Å²) in [5.74, 6) is -0.177. The Bertz CT molecular complexity index is 328. The molecule has 1 atom stereocenters. The van der Waals surface area contributed by atoms with Crippen LogP contribution in [0.3, 0.4) is 0 Å². The van der Waals surface area contributed by atoms with Gasteiger partial charge in [-0.1, -0.05) is 36.2 Å². The number of hydrogen-bond donors (Lipinski definition) is 1. The SMILES string of the molecule is CCCC(CC)NCc1cc(F)ccc1Br. The van der Waals surface area contributed by atoms with E-state index in [2.05, 4.69) is 35.1 Å². The maximum absolute atomic E-state index is 13.1. The van der Waals surface area contributed by atoms with E-state index >= 15 is 0 Å². The van der Waals surface area contributed by atoms with E-state index in [1.807, 2.05) is 0 Å². The van der Waals surface area contributed by atoms with Crippen molar-refractivity contribution in [2.75, 3.05) is 0 Å². The molecule has 0 heterocycles. The summed E-state index contributed by atoms with van der Waals surface area (Å²) < 4.78 is 14.0. The zero-order chi connectivity index (χ0) is 12.0. The molecule has 0 bridgehead atoms. The van der Waals surface area contributed by atoms with Crippen LogP contribution < -0.4 is 5.32 Å². The molecule has 0 spiro atoms. The monoisotopic (exact) mass is 287 g/mol. The fraction of sp³-hybridized carbons (Fsp3) is 0.538. The lowest BCUT2D eigenvalue weighted by Gasteiger charge is -2.16. The minimum absolute atomic E-state index is 0.177. The first kappa shape index (κ1) is 13.7. The molecule has 0 amide bonds. The molecular formula is C13H19BrFN. The fourth-order valence-electron chi connectivity index (χ4n) is 1.73. The van der Waals surface area contributed by atoms with Gasteiger partial charge in [0.1, 0.15) is 5.82 Å². The summed E-state index contributed by atoms with van der Waals surface area (Å²) in [6.07, 6.45) is 3.46. The summed E-state index contributed by atoms with van der Waals surface area (Å²) in [7, 11) is 0. The highest BCUT2D eigenvalue weighted by Crippen LogP contribution is 2.18. The van der Waals surface area contributed by atoms with Crippen molar-refractivity contribution in [2.45, 2.75) is 45.7 Å². The number of rotatable bonds is 6. The Hall–Kier alpha value is -0.410. The third-order valence-electron chi connectivity index (χ3n) is 2.72. The number of nitrogens with one attached hydrogen (secondary N) is 1. The van der Waals surface area contributed by atoms with Crippen molar-refractivity contribution in [3.05, 3.63) is 34.1 Å². The van der Waals surface area contributed by atoms with Gasteiger partial charge in [0.05, 0.1) is 0 Å². The molecule has 16 heavy (non-hydrogen) atoms. The Balaban J connectivity index is 2.55. The third kappa shape index (κ3) is 4.22. The Morgan fingerprint density at radius 3 is 2.75 bits per heavy atom. The first-order chi connectivity index (χ1) is 7.67. The molecule has 1 unspecified atom stereocenters. The van der Waals surface area contributed by atoms with Gasteiger partial charge in [0.25, 0.3) is 0 Å². The second kappa shape index (κ2) is 7.02. The second-order valence-electron chi connectivity index (χ2n) is 4.01. The summed E-state index contributed by atoms with van der Waals surface area (Å²) in [6, 6.07) is 5.33. The highest BCUT2D eigenvalue weighted by atomic mass is 79.9. The van der Waals surface area contributed by atoms with Gasteiger partial charge in [0, 0.05) is 17.1 Å². The van der Waals surface area contributed by atoms with E-state index < -0.39 is 0 Å². The van der Waals surface area contributed by atoms with Gasteiger partial charge in [0.15, 0.2) is 0 Å². The zero-order valence-electron chi connectivity index (χ0n) is 9.89. The molecule has 1 aromatic carbocycles. The molecule has 0 aromatic heterocycles. The van der Waals surface area contributed by atoms with Crippen LogP contribution in [0.2, 0.25) is 0 Å². The molecule has 1 aromatic rings. The number of hydrogen-bond acceptors (Lipinski definition) is 1. The van der Waals surface area contributed by atoms with Gasteiger partial charge in [0.2, 0.25) is 0 Å². The molecule has 1 N–H and O–H groups in total. The van der Waals surface area contributed by atoms with E-state index in [1.165, 1.54) is 18.9 Å². The highest BCUT2D eigenvalue weighted by molar-refractivity contribution is 9.10. The lowest BCUT2D eigenvalue weighted by molar-refractivity contribution is 0.461. The van der Waals surface area contributed by atoms with Crippen LogP contribution in [0.1, 0.15) is 38.7 Å². The van der Waals surface area contributed by atoms with Gasteiger partial charge in [-0.25, -0.2) is 4.39 Å². The van der Waals surface area contributed by atoms with Crippen molar-refractivity contribution in [2.24, 2.45) is 0 Å². The van der Waals surface area contributed by atoms with E-state index in [4.69, 9.17) is 0 Å². The van der Waals surface area contributed by atoms with E-state index in [9.17, 15) is 4.39 Å². The van der Waals surface area contributed by atoms with Gasteiger partial charge in [-0.3, -0.25) is 0 Å². The largest absolute Gasteiger partial charge is 0.310 e. The summed E-state index contributed by atoms with van der Waals surface area (Å²) in [5, 5.41) is 3.46. The fourth-order valence-corrected chi connectivity index (χ4v) is 2.12. The van der Waals surface area contributed by atoms with Crippen LogP contribution in [-0.2, 0) is 6.54 Å². The number of halogens is 2. The molecule has 0 radical (unpaired) electrons. The third-order valence-corrected chi connectivity index (χ3v) is 3.49. The van der Waals surface area contributed by atoms with Crippen molar-refractivity contribution in [3.8, 4) is 0 Å². The number of benzene rings is 1. The van der Waals surface area contributed by atoms with Gasteiger partial charge in [-0.15, -0.1) is 0 Å². The van der Waals surface area contributed by atoms with E-state index in [0.717, 1.165) is 23.0 Å². The van der Waals surface area contributed by atoms with Crippen LogP contribution >= 0.6 is 15.9 Å². The van der Waals surface area contributed by atoms with Crippen molar-refractivity contribution < 1.29 is 4.39 Å². The van der Waals surface area contributed by atoms with Crippen LogP contribution in [-0.4, -0.2) is 6.04 Å². The topological polar surface area (TPSA) is 12.0 Å². The molecule has 0 aliphatic rings. The smallest absolute Gasteiger partial charge is 0.123 e. The van der Waals surface area contributed by atoms with Crippen molar-refractivity contribution in [3.63, 3.8) is 0 Å². The predicted molar refractivity (Wildman–Crippen MR) is 69.9 cm³/mol. The summed E-state index contributed by atoms with van der Waals surface area (Å²) in [4.78, 5) is 0. The Morgan fingerprint density at radius 1 is 1.38 bits per heavy atom. The zero-order valence-corrected chi connectivity index (χ0v) is 11.5. The van der Waals surface area contributed by atoms with Crippen LogP contribution in [0.5, 0.6) is 0 Å². The normalized spacial score (nSPS) is 12.8. The van der Waals surface area contributed by atoms with E-state index in [-0.39, 0.29) is 5.82 Å². The lowest BCUT2D eigenvalue weighted by Crippen LogP contribution is -2.27. The van der Waals surface area contributed by atoms with Gasteiger partial charge in [-0.05, 0) is 36.6 Å². The van der Waals surface area contributed by atoms with Gasteiger partial charge < -0.3 is 5.32 Å². The maximum Gasteiger partial charge on any atom is 0.123 e. The average molecular weight is 288 g/mol. The van der Waals surface area contributed by atoms with Crippen LogP contribution in [0, 0.1) is 5.82 Å². The van der Waals surface area contributed by atoms with E-state index in [1.54, 1.807) is 12.1 Å². The van der Waals surface area contributed by atoms with Crippen LogP contribution in [0.15, 0.2) is 22.7 Å². The van der Waals surface area contributed by atoms with Gasteiger partial charge in [-0.2, -0.15) is 0 Å². The van der Waals surface area contributed by atoms with Crippen molar-refractivity contribution >= 4 is 15.9 Å². The maximum atomic E-state index is 13.1. The molecule has 0 saturated carbocycles. The molecule has 3 heteroatoms. The first-order valence-corrected chi connectivity index (χ1v) is 6.64. The van der Waals surface area contributed by atoms with Crippen molar-refractivity contribution in [1.29, 1.82) is 0 Å². The Morgan fingerprint density at radius 2 is 2.12 bits per heavy atom.